The van der Waals surface area contributed by atoms with Gasteiger partial charge >= 0.3 is 5.97 Å². The summed E-state index contributed by atoms with van der Waals surface area (Å²) in [4.78, 5) is 11.4. The number of hydrogen-bond acceptors (Lipinski definition) is 4. The van der Waals surface area contributed by atoms with Crippen molar-refractivity contribution in [2.45, 2.75) is 19.3 Å². The third kappa shape index (κ3) is 3.66. The highest BCUT2D eigenvalue weighted by Gasteiger charge is 2.19. The van der Waals surface area contributed by atoms with Crippen molar-refractivity contribution in [2.24, 2.45) is 5.92 Å². The Kier molecular flexibility index (Phi) is 3.85. The van der Waals surface area contributed by atoms with E-state index in [0.717, 1.165) is 0 Å². The van der Waals surface area contributed by atoms with Crippen LogP contribution in [0.15, 0.2) is 24.3 Å². The van der Waals surface area contributed by atoms with E-state index >= 15 is 0 Å². The smallest absolute Gasteiger partial charge is 0.344 e. The molecule has 1 aromatic rings. The van der Waals surface area contributed by atoms with Crippen LogP contribution in [-0.2, 0) is 9.53 Å². The van der Waals surface area contributed by atoms with Gasteiger partial charge in [-0.1, -0.05) is 12.5 Å². The van der Waals surface area contributed by atoms with Gasteiger partial charge in [0, 0.05) is 11.8 Å². The van der Waals surface area contributed by atoms with E-state index in [1.54, 1.807) is 24.3 Å². The highest BCUT2D eigenvalue weighted by Crippen LogP contribution is 2.26. The second kappa shape index (κ2) is 5.57. The van der Waals surface area contributed by atoms with Crippen LogP contribution in [0.3, 0.4) is 0 Å². The Morgan fingerprint density at radius 2 is 2.24 bits per heavy atom. The minimum absolute atomic E-state index is 0.0594. The molecular formula is C13H17NO3. The van der Waals surface area contributed by atoms with Crippen molar-refractivity contribution in [3.8, 4) is 5.75 Å². The van der Waals surface area contributed by atoms with E-state index in [4.69, 9.17) is 15.2 Å². The van der Waals surface area contributed by atoms with Gasteiger partial charge in [0.1, 0.15) is 5.75 Å². The van der Waals surface area contributed by atoms with E-state index in [1.165, 1.54) is 19.3 Å². The lowest BCUT2D eigenvalue weighted by molar-refractivity contribution is -0.148. The molecular weight excluding hydrogens is 218 g/mol. The van der Waals surface area contributed by atoms with Crippen LogP contribution < -0.4 is 10.5 Å². The Hall–Kier alpha value is -1.71. The SMILES string of the molecule is Nc1cccc(OCC(=O)OCC2CCC2)c1. The number of ether oxygens (including phenoxy) is 2. The lowest BCUT2D eigenvalue weighted by Crippen LogP contribution is -2.23. The van der Waals surface area contributed by atoms with Crippen molar-refractivity contribution >= 4 is 11.7 Å². The number of benzene rings is 1. The van der Waals surface area contributed by atoms with Crippen LogP contribution in [0.1, 0.15) is 19.3 Å². The highest BCUT2D eigenvalue weighted by atomic mass is 16.6. The fourth-order valence-corrected chi connectivity index (χ4v) is 1.66. The predicted octanol–water partition coefficient (Wildman–Crippen LogP) is 1.99. The number of esters is 1. The van der Waals surface area contributed by atoms with E-state index in [2.05, 4.69) is 0 Å². The highest BCUT2D eigenvalue weighted by molar-refractivity contribution is 5.71. The van der Waals surface area contributed by atoms with Crippen LogP contribution in [0, 0.1) is 5.92 Å². The molecule has 0 heterocycles. The number of anilines is 1. The first kappa shape index (κ1) is 11.8. The Labute approximate surface area is 101 Å². The molecule has 0 spiro atoms. The molecule has 1 aliphatic rings. The van der Waals surface area contributed by atoms with Crippen LogP contribution in [0.2, 0.25) is 0 Å². The first-order valence-electron chi connectivity index (χ1n) is 5.88. The van der Waals surface area contributed by atoms with Gasteiger partial charge in [-0.05, 0) is 30.9 Å². The lowest BCUT2D eigenvalue weighted by Gasteiger charge is -2.24. The lowest BCUT2D eigenvalue weighted by atomic mass is 9.86. The standard InChI is InChI=1S/C13H17NO3/c14-11-5-2-6-12(7-11)16-9-13(15)17-8-10-3-1-4-10/h2,5-7,10H,1,3-4,8-9,14H2. The van der Waals surface area contributed by atoms with E-state index in [1.807, 2.05) is 0 Å². The minimum Gasteiger partial charge on any atom is -0.482 e. The Bertz CT molecular complexity index is 388. The maximum absolute atomic E-state index is 11.4. The van der Waals surface area contributed by atoms with Gasteiger partial charge in [0.15, 0.2) is 6.61 Å². The van der Waals surface area contributed by atoms with Gasteiger partial charge < -0.3 is 15.2 Å². The molecule has 92 valence electrons. The molecule has 4 heteroatoms. The Morgan fingerprint density at radius 3 is 2.88 bits per heavy atom. The van der Waals surface area contributed by atoms with E-state index < -0.39 is 0 Å². The Balaban J connectivity index is 1.68. The van der Waals surface area contributed by atoms with Gasteiger partial charge in [-0.15, -0.1) is 0 Å². The fourth-order valence-electron chi connectivity index (χ4n) is 1.66. The summed E-state index contributed by atoms with van der Waals surface area (Å²) < 4.78 is 10.4. The molecule has 1 saturated carbocycles. The molecule has 2 rings (SSSR count). The van der Waals surface area contributed by atoms with Gasteiger partial charge in [0.25, 0.3) is 0 Å². The van der Waals surface area contributed by atoms with Crippen molar-refractivity contribution in [1.82, 2.24) is 0 Å². The van der Waals surface area contributed by atoms with Gasteiger partial charge in [-0.2, -0.15) is 0 Å². The molecule has 1 fully saturated rings. The van der Waals surface area contributed by atoms with Crippen LogP contribution in [0.4, 0.5) is 5.69 Å². The summed E-state index contributed by atoms with van der Waals surface area (Å²) in [6, 6.07) is 6.99. The number of nitrogens with two attached hydrogens (primary N) is 1. The molecule has 2 N–H and O–H groups in total. The molecule has 0 unspecified atom stereocenters. The van der Waals surface area contributed by atoms with E-state index in [-0.39, 0.29) is 12.6 Å². The largest absolute Gasteiger partial charge is 0.482 e. The van der Waals surface area contributed by atoms with Crippen LogP contribution in [0.25, 0.3) is 0 Å². The van der Waals surface area contributed by atoms with Gasteiger partial charge in [0.05, 0.1) is 6.61 Å². The molecule has 4 nitrogen and oxygen atoms in total. The minimum atomic E-state index is -0.320. The van der Waals surface area contributed by atoms with Gasteiger partial charge in [-0.25, -0.2) is 4.79 Å². The molecule has 1 aromatic carbocycles. The predicted molar refractivity (Wildman–Crippen MR) is 64.6 cm³/mol. The molecule has 0 aliphatic heterocycles. The zero-order chi connectivity index (χ0) is 12.1. The summed E-state index contributed by atoms with van der Waals surface area (Å²) in [5, 5.41) is 0. The van der Waals surface area contributed by atoms with Gasteiger partial charge in [-0.3, -0.25) is 0 Å². The molecule has 1 aliphatic carbocycles. The number of rotatable bonds is 5. The number of carbonyl (C=O) groups excluding carboxylic acids is 1. The summed E-state index contributed by atoms with van der Waals surface area (Å²) >= 11 is 0. The van der Waals surface area contributed by atoms with Crippen molar-refractivity contribution in [3.05, 3.63) is 24.3 Å². The quantitative estimate of drug-likeness (QED) is 0.626. The zero-order valence-corrected chi connectivity index (χ0v) is 9.72. The molecule has 0 atom stereocenters. The second-order valence-corrected chi connectivity index (χ2v) is 4.34. The third-order valence-corrected chi connectivity index (χ3v) is 2.92. The number of nitrogen functional groups attached to an aromatic ring is 1. The average molecular weight is 235 g/mol. The first-order valence-corrected chi connectivity index (χ1v) is 5.88. The molecule has 17 heavy (non-hydrogen) atoms. The molecule has 0 aromatic heterocycles. The van der Waals surface area contributed by atoms with Crippen molar-refractivity contribution in [1.29, 1.82) is 0 Å². The summed E-state index contributed by atoms with van der Waals surface area (Å²) in [6.45, 7) is 0.468. The molecule has 0 radical (unpaired) electrons. The van der Waals surface area contributed by atoms with Crippen LogP contribution in [-0.4, -0.2) is 19.2 Å². The average Bonchev–Trinajstić information content (AvgIpc) is 2.24. The van der Waals surface area contributed by atoms with Gasteiger partial charge in [0.2, 0.25) is 0 Å². The van der Waals surface area contributed by atoms with Crippen molar-refractivity contribution < 1.29 is 14.3 Å². The normalized spacial score (nSPS) is 15.1. The Morgan fingerprint density at radius 1 is 1.41 bits per heavy atom. The topological polar surface area (TPSA) is 61.5 Å². The monoisotopic (exact) mass is 235 g/mol. The summed E-state index contributed by atoms with van der Waals surface area (Å²) in [6.07, 6.45) is 3.59. The maximum atomic E-state index is 11.4. The van der Waals surface area contributed by atoms with Crippen LogP contribution in [0.5, 0.6) is 5.75 Å². The van der Waals surface area contributed by atoms with E-state index in [0.29, 0.717) is 24.0 Å². The van der Waals surface area contributed by atoms with Crippen LogP contribution >= 0.6 is 0 Å². The number of hydrogen-bond donors (Lipinski definition) is 1. The first-order chi connectivity index (χ1) is 8.24. The second-order valence-electron chi connectivity index (χ2n) is 4.34. The zero-order valence-electron chi connectivity index (χ0n) is 9.72. The molecule has 0 bridgehead atoms. The fraction of sp³-hybridized carbons (Fsp3) is 0.462. The maximum Gasteiger partial charge on any atom is 0.344 e. The van der Waals surface area contributed by atoms with E-state index in [9.17, 15) is 4.79 Å². The van der Waals surface area contributed by atoms with Crippen molar-refractivity contribution in [2.75, 3.05) is 18.9 Å². The van der Waals surface area contributed by atoms with Crippen molar-refractivity contribution in [3.63, 3.8) is 0 Å². The summed E-state index contributed by atoms with van der Waals surface area (Å²) in [7, 11) is 0. The summed E-state index contributed by atoms with van der Waals surface area (Å²) in [5.74, 6) is 0.830. The number of carbonyl (C=O) groups is 1. The third-order valence-electron chi connectivity index (χ3n) is 2.92. The molecule has 0 amide bonds. The molecule has 0 saturated heterocycles. The summed E-state index contributed by atoms with van der Waals surface area (Å²) in [5.41, 5.74) is 6.21.